The molecule has 1 aromatic carbocycles. The summed E-state index contributed by atoms with van der Waals surface area (Å²) in [6.07, 6.45) is 4.67. The Morgan fingerprint density at radius 3 is 2.62 bits per heavy atom. The third-order valence-corrected chi connectivity index (χ3v) is 6.66. The molecule has 0 spiro atoms. The van der Waals surface area contributed by atoms with E-state index in [1.807, 2.05) is 0 Å². The van der Waals surface area contributed by atoms with Crippen molar-refractivity contribution in [3.05, 3.63) is 35.9 Å². The highest BCUT2D eigenvalue weighted by Gasteiger charge is 2.24. The Morgan fingerprint density at radius 2 is 1.97 bits per heavy atom. The lowest BCUT2D eigenvalue weighted by Crippen LogP contribution is -2.49. The molecule has 32 heavy (non-hydrogen) atoms. The van der Waals surface area contributed by atoms with E-state index in [2.05, 4.69) is 71.7 Å². The summed E-state index contributed by atoms with van der Waals surface area (Å²) in [4.78, 5) is 9.91. The van der Waals surface area contributed by atoms with Crippen molar-refractivity contribution in [3.8, 4) is 0 Å². The number of hydrogen-bond acceptors (Lipinski definition) is 4. The molecule has 2 atom stereocenters. The smallest absolute Gasteiger partial charge is 0.191 e. The lowest BCUT2D eigenvalue weighted by molar-refractivity contribution is 0.150. The van der Waals surface area contributed by atoms with Gasteiger partial charge >= 0.3 is 0 Å². The highest BCUT2D eigenvalue weighted by Crippen LogP contribution is 2.17. The fourth-order valence-corrected chi connectivity index (χ4v) is 4.48. The zero-order valence-electron chi connectivity index (χ0n) is 20.3. The number of ether oxygens (including phenoxy) is 1. The van der Waals surface area contributed by atoms with Crippen LogP contribution in [0.2, 0.25) is 0 Å². The number of aliphatic imine (C=N–C) groups is 1. The maximum atomic E-state index is 5.53. The van der Waals surface area contributed by atoms with Crippen LogP contribution in [-0.2, 0) is 11.3 Å². The first kappa shape index (κ1) is 27.3. The van der Waals surface area contributed by atoms with Gasteiger partial charge in [-0.1, -0.05) is 30.3 Å². The van der Waals surface area contributed by atoms with Crippen molar-refractivity contribution in [1.29, 1.82) is 0 Å². The van der Waals surface area contributed by atoms with Crippen LogP contribution in [0.3, 0.4) is 0 Å². The topological polar surface area (TPSA) is 52.1 Å². The van der Waals surface area contributed by atoms with Crippen LogP contribution in [0.5, 0.6) is 0 Å². The van der Waals surface area contributed by atoms with Crippen molar-refractivity contribution >= 4 is 29.9 Å². The lowest BCUT2D eigenvalue weighted by Gasteiger charge is -2.34. The normalized spacial score (nSPS) is 21.4. The van der Waals surface area contributed by atoms with Gasteiger partial charge in [0.25, 0.3) is 0 Å². The van der Waals surface area contributed by atoms with Crippen molar-refractivity contribution < 1.29 is 4.74 Å². The number of nitrogens with one attached hydrogen (secondary N) is 2. The molecule has 2 fully saturated rings. The van der Waals surface area contributed by atoms with Gasteiger partial charge in [-0.15, -0.1) is 24.0 Å². The van der Waals surface area contributed by atoms with Gasteiger partial charge in [0.2, 0.25) is 0 Å². The van der Waals surface area contributed by atoms with Crippen LogP contribution >= 0.6 is 24.0 Å². The van der Waals surface area contributed by atoms with Crippen molar-refractivity contribution in [2.75, 3.05) is 53.0 Å². The molecule has 0 radical (unpaired) electrons. The molecule has 0 aliphatic carbocycles. The molecule has 3 rings (SSSR count). The fourth-order valence-electron chi connectivity index (χ4n) is 4.48. The SMILES string of the molecule is CCNC(=NCCC(C)N(C)Cc1ccccc1)NC1CCN(CC2CCOC2)CC1.I. The Hall–Kier alpha value is -0.900. The van der Waals surface area contributed by atoms with Gasteiger partial charge in [0.15, 0.2) is 5.96 Å². The summed E-state index contributed by atoms with van der Waals surface area (Å²) in [6, 6.07) is 11.7. The molecule has 0 aromatic heterocycles. The third kappa shape index (κ3) is 9.53. The maximum absolute atomic E-state index is 5.53. The minimum Gasteiger partial charge on any atom is -0.381 e. The highest BCUT2D eigenvalue weighted by atomic mass is 127. The molecule has 2 aliphatic heterocycles. The first-order chi connectivity index (χ1) is 15.1. The average molecular weight is 558 g/mol. The Kier molecular flexibility index (Phi) is 12.9. The maximum Gasteiger partial charge on any atom is 0.191 e. The molecule has 2 aliphatic rings. The number of benzene rings is 1. The molecule has 0 bridgehead atoms. The molecule has 2 heterocycles. The van der Waals surface area contributed by atoms with Gasteiger partial charge in [-0.25, -0.2) is 0 Å². The van der Waals surface area contributed by atoms with Gasteiger partial charge in [-0.05, 0) is 58.1 Å². The zero-order valence-corrected chi connectivity index (χ0v) is 22.6. The number of guanidine groups is 1. The summed E-state index contributed by atoms with van der Waals surface area (Å²) in [5.74, 6) is 1.72. The predicted molar refractivity (Wildman–Crippen MR) is 145 cm³/mol. The largest absolute Gasteiger partial charge is 0.381 e. The standard InChI is InChI=1S/C25H43N5O.HI/c1-4-26-25(27-14-10-21(2)29(3)18-22-8-6-5-7-9-22)28-24-11-15-30(16-12-24)19-23-13-17-31-20-23;/h5-9,21,23-24H,4,10-20H2,1-3H3,(H2,26,27,28);1H. The number of piperidine rings is 1. The van der Waals surface area contributed by atoms with Gasteiger partial charge in [0, 0.05) is 58.0 Å². The molecule has 0 amide bonds. The Bertz CT molecular complexity index is 645. The number of likely N-dealkylation sites (tertiary alicyclic amines) is 1. The molecule has 182 valence electrons. The minimum atomic E-state index is 0. The molecular formula is C25H44IN5O. The van der Waals surface area contributed by atoms with Gasteiger partial charge in [0.1, 0.15) is 0 Å². The van der Waals surface area contributed by atoms with Crippen molar-refractivity contribution in [3.63, 3.8) is 0 Å². The van der Waals surface area contributed by atoms with E-state index >= 15 is 0 Å². The molecule has 7 heteroatoms. The Morgan fingerprint density at radius 1 is 1.22 bits per heavy atom. The lowest BCUT2D eigenvalue weighted by atomic mass is 10.0. The average Bonchev–Trinajstić information content (AvgIpc) is 3.29. The molecule has 6 nitrogen and oxygen atoms in total. The van der Waals surface area contributed by atoms with Crippen LogP contribution in [0.25, 0.3) is 0 Å². The van der Waals surface area contributed by atoms with E-state index in [-0.39, 0.29) is 24.0 Å². The molecule has 2 unspecified atom stereocenters. The van der Waals surface area contributed by atoms with Crippen molar-refractivity contribution in [2.45, 2.75) is 58.2 Å². The van der Waals surface area contributed by atoms with E-state index in [9.17, 15) is 0 Å². The summed E-state index contributed by atoms with van der Waals surface area (Å²) >= 11 is 0. The first-order valence-electron chi connectivity index (χ1n) is 12.2. The second kappa shape index (κ2) is 15.1. The molecule has 0 saturated carbocycles. The second-order valence-electron chi connectivity index (χ2n) is 9.25. The van der Waals surface area contributed by atoms with E-state index in [1.54, 1.807) is 0 Å². The fraction of sp³-hybridized carbons (Fsp3) is 0.720. The highest BCUT2D eigenvalue weighted by molar-refractivity contribution is 14.0. The summed E-state index contributed by atoms with van der Waals surface area (Å²) < 4.78 is 5.53. The summed E-state index contributed by atoms with van der Waals surface area (Å²) in [6.45, 7) is 12.6. The predicted octanol–water partition coefficient (Wildman–Crippen LogP) is 3.57. The minimum absolute atomic E-state index is 0. The van der Waals surface area contributed by atoms with E-state index in [0.717, 1.165) is 51.1 Å². The third-order valence-electron chi connectivity index (χ3n) is 6.66. The summed E-state index contributed by atoms with van der Waals surface area (Å²) in [5.41, 5.74) is 1.36. The van der Waals surface area contributed by atoms with Crippen LogP contribution in [0.4, 0.5) is 0 Å². The monoisotopic (exact) mass is 557 g/mol. The summed E-state index contributed by atoms with van der Waals surface area (Å²) in [5, 5.41) is 7.13. The molecule has 2 N–H and O–H groups in total. The number of rotatable bonds is 10. The first-order valence-corrected chi connectivity index (χ1v) is 12.2. The van der Waals surface area contributed by atoms with E-state index in [4.69, 9.17) is 9.73 Å². The van der Waals surface area contributed by atoms with Crippen LogP contribution < -0.4 is 10.6 Å². The summed E-state index contributed by atoms with van der Waals surface area (Å²) in [7, 11) is 2.20. The number of hydrogen-bond donors (Lipinski definition) is 2. The van der Waals surface area contributed by atoms with Gasteiger partial charge < -0.3 is 20.3 Å². The quantitative estimate of drug-likeness (QED) is 0.262. The van der Waals surface area contributed by atoms with Crippen LogP contribution in [0.15, 0.2) is 35.3 Å². The van der Waals surface area contributed by atoms with Crippen LogP contribution in [-0.4, -0.2) is 80.8 Å². The number of halogens is 1. The molecule has 1 aromatic rings. The van der Waals surface area contributed by atoms with E-state index in [1.165, 1.54) is 44.5 Å². The second-order valence-corrected chi connectivity index (χ2v) is 9.25. The Balaban J connectivity index is 0.00000363. The van der Waals surface area contributed by atoms with Crippen LogP contribution in [0.1, 0.15) is 45.1 Å². The van der Waals surface area contributed by atoms with E-state index < -0.39 is 0 Å². The Labute approximate surface area is 212 Å². The van der Waals surface area contributed by atoms with Crippen LogP contribution in [0, 0.1) is 5.92 Å². The molecule has 2 saturated heterocycles. The van der Waals surface area contributed by atoms with Gasteiger partial charge in [-0.2, -0.15) is 0 Å². The zero-order chi connectivity index (χ0) is 21.9. The van der Waals surface area contributed by atoms with Crippen molar-refractivity contribution in [2.24, 2.45) is 10.9 Å². The van der Waals surface area contributed by atoms with E-state index in [0.29, 0.717) is 12.1 Å². The number of nitrogens with zero attached hydrogens (tertiary/aromatic N) is 3. The van der Waals surface area contributed by atoms with Crippen molar-refractivity contribution in [1.82, 2.24) is 20.4 Å². The molecular weight excluding hydrogens is 513 g/mol. The van der Waals surface area contributed by atoms with Gasteiger partial charge in [-0.3, -0.25) is 9.89 Å². The van der Waals surface area contributed by atoms with Gasteiger partial charge in [0.05, 0.1) is 6.61 Å².